The lowest BCUT2D eigenvalue weighted by Gasteiger charge is -2.23. The molecule has 0 saturated carbocycles. The molecular formula is C21H29IN6. The van der Waals surface area contributed by atoms with Crippen molar-refractivity contribution >= 4 is 35.6 Å². The molecule has 0 unspecified atom stereocenters. The van der Waals surface area contributed by atoms with Gasteiger partial charge in [0.25, 0.3) is 0 Å². The number of hydrogen-bond donors (Lipinski definition) is 2. The van der Waals surface area contributed by atoms with E-state index in [0.29, 0.717) is 6.54 Å². The van der Waals surface area contributed by atoms with Gasteiger partial charge >= 0.3 is 0 Å². The Balaban J connectivity index is 0.00000280. The Morgan fingerprint density at radius 1 is 1.04 bits per heavy atom. The number of guanidine groups is 1. The number of hydrogen-bond acceptors (Lipinski definition) is 3. The lowest BCUT2D eigenvalue weighted by Crippen LogP contribution is -2.39. The minimum atomic E-state index is -0.0210. The van der Waals surface area contributed by atoms with Crippen LogP contribution in [0.2, 0.25) is 0 Å². The van der Waals surface area contributed by atoms with Crippen molar-refractivity contribution in [1.82, 2.24) is 25.2 Å². The first-order valence-corrected chi connectivity index (χ1v) is 9.46. The van der Waals surface area contributed by atoms with E-state index in [-0.39, 0.29) is 29.4 Å². The van der Waals surface area contributed by atoms with Gasteiger partial charge in [0.05, 0.1) is 6.54 Å². The molecule has 0 fully saturated rings. The van der Waals surface area contributed by atoms with Gasteiger partial charge in [-0.05, 0) is 24.6 Å². The maximum absolute atomic E-state index is 4.79. The second kappa shape index (κ2) is 10.4. The quantitative estimate of drug-likeness (QED) is 0.302. The Hall–Kier alpha value is -2.16. The molecule has 28 heavy (non-hydrogen) atoms. The summed E-state index contributed by atoms with van der Waals surface area (Å²) < 4.78 is 2.02. The fraction of sp³-hybridized carbons (Fsp3) is 0.381. The predicted molar refractivity (Wildman–Crippen MR) is 126 cm³/mol. The fourth-order valence-corrected chi connectivity index (χ4v) is 2.95. The molecular weight excluding hydrogens is 463 g/mol. The molecule has 0 bridgehead atoms. The maximum Gasteiger partial charge on any atom is 0.191 e. The molecule has 0 aliphatic rings. The highest BCUT2D eigenvalue weighted by Gasteiger charge is 2.20. The van der Waals surface area contributed by atoms with Gasteiger partial charge in [-0.2, -0.15) is 0 Å². The Bertz CT molecular complexity index is 888. The lowest BCUT2D eigenvalue weighted by molar-refractivity contribution is 0.537. The van der Waals surface area contributed by atoms with Gasteiger partial charge in [-0.3, -0.25) is 9.39 Å². The molecule has 1 aromatic carbocycles. The van der Waals surface area contributed by atoms with E-state index in [1.807, 2.05) is 34.9 Å². The number of pyridine rings is 1. The third-order valence-electron chi connectivity index (χ3n) is 4.56. The summed E-state index contributed by atoms with van der Waals surface area (Å²) in [5, 5.41) is 15.2. The molecule has 0 atom stereocenters. The minimum absolute atomic E-state index is 0. The number of rotatable bonds is 7. The molecule has 3 rings (SSSR count). The van der Waals surface area contributed by atoms with Crippen LogP contribution in [0.5, 0.6) is 0 Å². The van der Waals surface area contributed by atoms with Crippen molar-refractivity contribution in [1.29, 1.82) is 0 Å². The SMILES string of the molecule is CCNC(=NCC(C)(C)c1ccccc1)NCCc1nnc2ccccn12.I. The highest BCUT2D eigenvalue weighted by Crippen LogP contribution is 2.22. The molecule has 3 aromatic rings. The smallest absolute Gasteiger partial charge is 0.191 e. The Morgan fingerprint density at radius 3 is 2.54 bits per heavy atom. The van der Waals surface area contributed by atoms with Gasteiger partial charge in [0.15, 0.2) is 11.6 Å². The molecule has 0 spiro atoms. The molecule has 2 heterocycles. The van der Waals surface area contributed by atoms with E-state index in [0.717, 1.165) is 36.9 Å². The van der Waals surface area contributed by atoms with Gasteiger partial charge < -0.3 is 10.6 Å². The summed E-state index contributed by atoms with van der Waals surface area (Å²) in [6.45, 7) is 8.79. The van der Waals surface area contributed by atoms with Crippen molar-refractivity contribution in [3.8, 4) is 0 Å². The molecule has 0 aliphatic heterocycles. The normalized spacial score (nSPS) is 11.9. The summed E-state index contributed by atoms with van der Waals surface area (Å²) in [6.07, 6.45) is 2.77. The highest BCUT2D eigenvalue weighted by molar-refractivity contribution is 14.0. The fourth-order valence-electron chi connectivity index (χ4n) is 2.95. The summed E-state index contributed by atoms with van der Waals surface area (Å²) in [6, 6.07) is 16.4. The summed E-state index contributed by atoms with van der Waals surface area (Å²) in [5.74, 6) is 1.77. The van der Waals surface area contributed by atoms with Gasteiger partial charge in [0, 0.05) is 31.1 Å². The molecule has 0 saturated heterocycles. The van der Waals surface area contributed by atoms with Crippen molar-refractivity contribution in [3.05, 3.63) is 66.1 Å². The summed E-state index contributed by atoms with van der Waals surface area (Å²) in [7, 11) is 0. The second-order valence-electron chi connectivity index (χ2n) is 7.17. The van der Waals surface area contributed by atoms with E-state index < -0.39 is 0 Å². The highest BCUT2D eigenvalue weighted by atomic mass is 127. The van der Waals surface area contributed by atoms with E-state index in [1.54, 1.807) is 0 Å². The van der Waals surface area contributed by atoms with Crippen molar-refractivity contribution in [2.75, 3.05) is 19.6 Å². The number of nitrogens with one attached hydrogen (secondary N) is 2. The van der Waals surface area contributed by atoms with Crippen LogP contribution in [0.3, 0.4) is 0 Å². The maximum atomic E-state index is 4.79. The van der Waals surface area contributed by atoms with Crippen molar-refractivity contribution in [2.24, 2.45) is 4.99 Å². The number of aromatic nitrogens is 3. The molecule has 0 radical (unpaired) electrons. The lowest BCUT2D eigenvalue weighted by atomic mass is 9.85. The first-order chi connectivity index (χ1) is 13.1. The van der Waals surface area contributed by atoms with Crippen LogP contribution < -0.4 is 10.6 Å². The van der Waals surface area contributed by atoms with E-state index in [9.17, 15) is 0 Å². The van der Waals surface area contributed by atoms with E-state index in [1.165, 1.54) is 5.56 Å². The zero-order valence-electron chi connectivity index (χ0n) is 16.7. The molecule has 0 amide bonds. The summed E-state index contributed by atoms with van der Waals surface area (Å²) in [5.41, 5.74) is 2.14. The van der Waals surface area contributed by atoms with E-state index in [4.69, 9.17) is 4.99 Å². The number of halogens is 1. The summed E-state index contributed by atoms with van der Waals surface area (Å²) in [4.78, 5) is 4.79. The minimum Gasteiger partial charge on any atom is -0.357 e. The third kappa shape index (κ3) is 5.67. The Morgan fingerprint density at radius 2 is 1.79 bits per heavy atom. The Kier molecular flexibility index (Phi) is 8.22. The first kappa shape index (κ1) is 22.1. The van der Waals surface area contributed by atoms with Crippen molar-refractivity contribution < 1.29 is 0 Å². The zero-order valence-corrected chi connectivity index (χ0v) is 19.1. The summed E-state index contributed by atoms with van der Waals surface area (Å²) >= 11 is 0. The van der Waals surface area contributed by atoms with Crippen LogP contribution in [0, 0.1) is 0 Å². The number of nitrogens with zero attached hydrogens (tertiary/aromatic N) is 4. The molecule has 0 aliphatic carbocycles. The first-order valence-electron chi connectivity index (χ1n) is 9.46. The number of benzene rings is 1. The van der Waals surface area contributed by atoms with Gasteiger partial charge in [0.1, 0.15) is 5.82 Å². The van der Waals surface area contributed by atoms with Crippen LogP contribution in [0.15, 0.2) is 59.7 Å². The van der Waals surface area contributed by atoms with E-state index in [2.05, 4.69) is 65.9 Å². The molecule has 2 aromatic heterocycles. The zero-order chi connectivity index (χ0) is 19.1. The largest absolute Gasteiger partial charge is 0.357 e. The van der Waals surface area contributed by atoms with Crippen LogP contribution in [-0.2, 0) is 11.8 Å². The monoisotopic (exact) mass is 492 g/mol. The van der Waals surface area contributed by atoms with E-state index >= 15 is 0 Å². The van der Waals surface area contributed by atoms with Crippen LogP contribution >= 0.6 is 24.0 Å². The molecule has 150 valence electrons. The van der Waals surface area contributed by atoms with Gasteiger partial charge in [-0.1, -0.05) is 50.2 Å². The van der Waals surface area contributed by atoms with Gasteiger partial charge in [-0.25, -0.2) is 0 Å². The standard InChI is InChI=1S/C21H28N6.HI/c1-4-22-20(24-16-21(2,3)17-10-6-5-7-11-17)23-14-13-19-26-25-18-12-8-9-15-27(18)19;/h5-12,15H,4,13-14,16H2,1-3H3,(H2,22,23,24);1H. The third-order valence-corrected chi connectivity index (χ3v) is 4.56. The van der Waals surface area contributed by atoms with Crippen LogP contribution in [0.4, 0.5) is 0 Å². The molecule has 6 nitrogen and oxygen atoms in total. The topological polar surface area (TPSA) is 66.6 Å². The predicted octanol–water partition coefficient (Wildman–Crippen LogP) is 3.42. The van der Waals surface area contributed by atoms with Gasteiger partial charge in [-0.15, -0.1) is 34.2 Å². The molecule has 7 heteroatoms. The van der Waals surface area contributed by atoms with Crippen LogP contribution in [-0.4, -0.2) is 40.2 Å². The number of aliphatic imine (C=N–C) groups is 1. The van der Waals surface area contributed by atoms with Crippen LogP contribution in [0.25, 0.3) is 5.65 Å². The number of fused-ring (bicyclic) bond motifs is 1. The van der Waals surface area contributed by atoms with Crippen molar-refractivity contribution in [3.63, 3.8) is 0 Å². The average molecular weight is 492 g/mol. The van der Waals surface area contributed by atoms with Crippen LogP contribution in [0.1, 0.15) is 32.2 Å². The Labute approximate surface area is 183 Å². The average Bonchev–Trinajstić information content (AvgIpc) is 3.10. The van der Waals surface area contributed by atoms with Gasteiger partial charge in [0.2, 0.25) is 0 Å². The van der Waals surface area contributed by atoms with Crippen molar-refractivity contribution in [2.45, 2.75) is 32.6 Å². The second-order valence-corrected chi connectivity index (χ2v) is 7.17. The molecule has 2 N–H and O–H groups in total.